The normalized spacial score (nSPS) is 33.7. The highest BCUT2D eigenvalue weighted by atomic mass is 16.3. The maximum atomic E-state index is 10.3. The first-order valence-electron chi connectivity index (χ1n) is 8.31. The Morgan fingerprint density at radius 1 is 1.19 bits per heavy atom. The molecule has 1 aromatic rings. The Labute approximate surface area is 127 Å². The van der Waals surface area contributed by atoms with Crippen LogP contribution in [0.15, 0.2) is 24.3 Å². The van der Waals surface area contributed by atoms with Crippen molar-refractivity contribution in [1.82, 2.24) is 5.32 Å². The van der Waals surface area contributed by atoms with E-state index in [0.29, 0.717) is 6.42 Å². The van der Waals surface area contributed by atoms with E-state index in [0.717, 1.165) is 12.5 Å². The van der Waals surface area contributed by atoms with E-state index in [1.54, 1.807) is 0 Å². The van der Waals surface area contributed by atoms with Crippen LogP contribution >= 0.6 is 0 Å². The fourth-order valence-electron chi connectivity index (χ4n) is 4.05. The van der Waals surface area contributed by atoms with Gasteiger partial charge in [-0.1, -0.05) is 42.7 Å². The van der Waals surface area contributed by atoms with E-state index in [1.807, 2.05) is 0 Å². The molecule has 4 atom stereocenters. The average Bonchev–Trinajstić information content (AvgIpc) is 3.07. The van der Waals surface area contributed by atoms with E-state index in [9.17, 15) is 10.2 Å². The molecule has 4 unspecified atom stereocenters. The number of aliphatic hydroxyl groups is 2. The maximum absolute atomic E-state index is 10.3. The van der Waals surface area contributed by atoms with Crippen LogP contribution in [0.1, 0.15) is 49.1 Å². The molecule has 2 aliphatic carbocycles. The summed E-state index contributed by atoms with van der Waals surface area (Å²) >= 11 is 0. The lowest BCUT2D eigenvalue weighted by molar-refractivity contribution is 0.0294. The fourth-order valence-corrected chi connectivity index (χ4v) is 4.05. The van der Waals surface area contributed by atoms with Crippen LogP contribution < -0.4 is 5.32 Å². The Balaban J connectivity index is 1.71. The molecule has 2 aliphatic rings. The van der Waals surface area contributed by atoms with Gasteiger partial charge in [-0.15, -0.1) is 0 Å². The first-order chi connectivity index (χ1) is 10.1. The zero-order chi connectivity index (χ0) is 14.8. The number of benzene rings is 1. The summed E-state index contributed by atoms with van der Waals surface area (Å²) in [5.74, 6) is 0.949. The molecule has 0 heterocycles. The molecule has 116 valence electrons. The summed E-state index contributed by atoms with van der Waals surface area (Å²) in [6, 6.07) is 8.43. The summed E-state index contributed by atoms with van der Waals surface area (Å²) in [4.78, 5) is 0. The molecule has 3 rings (SSSR count). The summed E-state index contributed by atoms with van der Waals surface area (Å²) in [5, 5.41) is 24.0. The van der Waals surface area contributed by atoms with Crippen LogP contribution in [0.5, 0.6) is 0 Å². The molecule has 2 saturated carbocycles. The lowest BCUT2D eigenvalue weighted by atomic mass is 9.92. The quantitative estimate of drug-likeness (QED) is 0.797. The van der Waals surface area contributed by atoms with E-state index in [4.69, 9.17) is 0 Å². The molecule has 0 aliphatic heterocycles. The van der Waals surface area contributed by atoms with E-state index in [2.05, 4.69) is 36.5 Å². The van der Waals surface area contributed by atoms with Gasteiger partial charge in [-0.25, -0.2) is 0 Å². The van der Waals surface area contributed by atoms with Crippen molar-refractivity contribution in [3.05, 3.63) is 35.4 Å². The Bertz CT molecular complexity index is 470. The molecule has 0 saturated heterocycles. The Morgan fingerprint density at radius 3 is 2.67 bits per heavy atom. The van der Waals surface area contributed by atoms with Crippen LogP contribution in [-0.2, 0) is 0 Å². The molecular formula is C18H27NO2. The fraction of sp³-hybridized carbons (Fsp3) is 0.667. The number of hydrogen-bond acceptors (Lipinski definition) is 3. The Hall–Kier alpha value is -0.900. The van der Waals surface area contributed by atoms with Crippen LogP contribution in [0.25, 0.3) is 0 Å². The van der Waals surface area contributed by atoms with Gasteiger partial charge in [0.1, 0.15) is 0 Å². The van der Waals surface area contributed by atoms with Crippen molar-refractivity contribution in [3.8, 4) is 0 Å². The highest BCUT2D eigenvalue weighted by Crippen LogP contribution is 2.36. The Kier molecular flexibility index (Phi) is 4.63. The van der Waals surface area contributed by atoms with Gasteiger partial charge in [0.15, 0.2) is 0 Å². The molecule has 0 amide bonds. The second-order valence-corrected chi connectivity index (χ2v) is 6.90. The van der Waals surface area contributed by atoms with Gasteiger partial charge in [-0.2, -0.15) is 0 Å². The summed E-state index contributed by atoms with van der Waals surface area (Å²) in [7, 11) is 0. The molecule has 21 heavy (non-hydrogen) atoms. The van der Waals surface area contributed by atoms with Crippen LogP contribution in [0.4, 0.5) is 0 Å². The predicted molar refractivity (Wildman–Crippen MR) is 84.3 cm³/mol. The zero-order valence-corrected chi connectivity index (χ0v) is 12.8. The number of rotatable bonds is 4. The molecule has 0 bridgehead atoms. The van der Waals surface area contributed by atoms with Crippen molar-refractivity contribution in [2.24, 2.45) is 5.92 Å². The van der Waals surface area contributed by atoms with Crippen LogP contribution in [-0.4, -0.2) is 35.0 Å². The van der Waals surface area contributed by atoms with E-state index >= 15 is 0 Å². The third-order valence-corrected chi connectivity index (χ3v) is 5.28. The second-order valence-electron chi connectivity index (χ2n) is 6.90. The minimum atomic E-state index is -0.656. The van der Waals surface area contributed by atoms with E-state index < -0.39 is 12.2 Å². The minimum Gasteiger partial charge on any atom is -0.390 e. The first kappa shape index (κ1) is 15.0. The number of aryl methyl sites for hydroxylation is 1. The van der Waals surface area contributed by atoms with Gasteiger partial charge >= 0.3 is 0 Å². The van der Waals surface area contributed by atoms with Crippen molar-refractivity contribution in [1.29, 1.82) is 0 Å². The monoisotopic (exact) mass is 289 g/mol. The van der Waals surface area contributed by atoms with Crippen molar-refractivity contribution in [3.63, 3.8) is 0 Å². The predicted octanol–water partition coefficient (Wildman–Crippen LogP) is 2.35. The summed E-state index contributed by atoms with van der Waals surface area (Å²) in [6.45, 7) is 3.06. The van der Waals surface area contributed by atoms with Gasteiger partial charge < -0.3 is 15.5 Å². The van der Waals surface area contributed by atoms with Crippen molar-refractivity contribution in [2.45, 2.75) is 63.2 Å². The zero-order valence-electron chi connectivity index (χ0n) is 12.8. The van der Waals surface area contributed by atoms with Crippen molar-refractivity contribution in [2.75, 3.05) is 6.54 Å². The average molecular weight is 289 g/mol. The molecule has 2 fully saturated rings. The standard InChI is InChI=1S/C18H27NO2/c1-12-5-4-8-14(9-12)15-10-16(20)18(21)17(15)19-11-13-6-2-3-7-13/h4-5,8-9,13,15-21H,2-3,6-7,10-11H2,1H3. The summed E-state index contributed by atoms with van der Waals surface area (Å²) in [5.41, 5.74) is 2.47. The first-order valence-corrected chi connectivity index (χ1v) is 8.31. The number of nitrogens with one attached hydrogen (secondary N) is 1. The van der Waals surface area contributed by atoms with E-state index in [1.165, 1.54) is 36.8 Å². The third-order valence-electron chi connectivity index (χ3n) is 5.28. The largest absolute Gasteiger partial charge is 0.390 e. The van der Waals surface area contributed by atoms with Crippen molar-refractivity contribution < 1.29 is 10.2 Å². The van der Waals surface area contributed by atoms with Gasteiger partial charge in [-0.3, -0.25) is 0 Å². The summed E-state index contributed by atoms with van der Waals surface area (Å²) < 4.78 is 0. The van der Waals surface area contributed by atoms with Crippen LogP contribution in [0.2, 0.25) is 0 Å². The second kappa shape index (κ2) is 6.47. The molecule has 0 spiro atoms. The van der Waals surface area contributed by atoms with Crippen LogP contribution in [0, 0.1) is 12.8 Å². The van der Waals surface area contributed by atoms with Crippen molar-refractivity contribution >= 4 is 0 Å². The van der Waals surface area contributed by atoms with E-state index in [-0.39, 0.29) is 12.0 Å². The van der Waals surface area contributed by atoms with Gasteiger partial charge in [0, 0.05) is 12.0 Å². The molecule has 3 N–H and O–H groups in total. The Morgan fingerprint density at radius 2 is 1.95 bits per heavy atom. The smallest absolute Gasteiger partial charge is 0.0957 e. The lowest BCUT2D eigenvalue weighted by Gasteiger charge is -2.25. The van der Waals surface area contributed by atoms with Gasteiger partial charge in [0.05, 0.1) is 12.2 Å². The van der Waals surface area contributed by atoms with Crippen LogP contribution in [0.3, 0.4) is 0 Å². The number of aliphatic hydroxyl groups excluding tert-OH is 2. The highest BCUT2D eigenvalue weighted by Gasteiger charge is 2.42. The third kappa shape index (κ3) is 3.31. The molecular weight excluding hydrogens is 262 g/mol. The molecule has 3 nitrogen and oxygen atoms in total. The molecule has 1 aromatic carbocycles. The number of hydrogen-bond donors (Lipinski definition) is 3. The van der Waals surface area contributed by atoms with Gasteiger partial charge in [-0.05, 0) is 44.2 Å². The lowest BCUT2D eigenvalue weighted by Crippen LogP contribution is -2.44. The topological polar surface area (TPSA) is 52.5 Å². The van der Waals surface area contributed by atoms with Gasteiger partial charge in [0.25, 0.3) is 0 Å². The maximum Gasteiger partial charge on any atom is 0.0957 e. The van der Waals surface area contributed by atoms with Gasteiger partial charge in [0.2, 0.25) is 0 Å². The minimum absolute atomic E-state index is 0.0256. The molecule has 3 heteroatoms. The highest BCUT2D eigenvalue weighted by molar-refractivity contribution is 5.29. The SMILES string of the molecule is Cc1cccc(C2CC(O)C(O)C2NCC2CCCC2)c1. The molecule has 0 aromatic heterocycles. The molecule has 0 radical (unpaired) electrons. The summed E-state index contributed by atoms with van der Waals surface area (Å²) in [6.07, 6.45) is 4.65.